The number of carbonyl (C=O) groups is 1. The summed E-state index contributed by atoms with van der Waals surface area (Å²) in [6.45, 7) is 9.88. The van der Waals surface area contributed by atoms with Crippen LogP contribution in [0.5, 0.6) is 0 Å². The van der Waals surface area contributed by atoms with Gasteiger partial charge in [-0.25, -0.2) is 0 Å². The van der Waals surface area contributed by atoms with Gasteiger partial charge in [-0.2, -0.15) is 0 Å². The number of carbonyl (C=O) groups excluding carboxylic acids is 1. The predicted molar refractivity (Wildman–Crippen MR) is 112 cm³/mol. The number of nitrogens with one attached hydrogen (secondary N) is 2. The van der Waals surface area contributed by atoms with Crippen LogP contribution in [0.4, 0.5) is 5.69 Å². The minimum Gasteiger partial charge on any atom is -0.378 e. The molecule has 2 N–H and O–H groups in total. The van der Waals surface area contributed by atoms with Crippen LogP contribution in [0.1, 0.15) is 38.7 Å². The Bertz CT molecular complexity index is 643. The van der Waals surface area contributed by atoms with Crippen molar-refractivity contribution < 1.29 is 9.53 Å². The van der Waals surface area contributed by atoms with Crippen molar-refractivity contribution in [1.29, 1.82) is 0 Å². The van der Waals surface area contributed by atoms with E-state index in [4.69, 9.17) is 16.3 Å². The number of hydrogen-bond donors (Lipinski definition) is 2. The van der Waals surface area contributed by atoms with Gasteiger partial charge in [0.25, 0.3) is 0 Å². The van der Waals surface area contributed by atoms with Crippen LogP contribution in [0.15, 0.2) is 23.2 Å². The number of ether oxygens (including phenoxy) is 1. The van der Waals surface area contributed by atoms with E-state index in [0.717, 1.165) is 50.6 Å². The molecule has 0 bridgehead atoms. The number of hydrogen-bond acceptors (Lipinski definition) is 3. The van der Waals surface area contributed by atoms with Crippen molar-refractivity contribution in [2.45, 2.75) is 46.1 Å². The summed E-state index contributed by atoms with van der Waals surface area (Å²) < 4.78 is 5.71. The summed E-state index contributed by atoms with van der Waals surface area (Å²) in [5.41, 5.74) is 1.70. The molecule has 1 fully saturated rings. The molecule has 0 aliphatic carbocycles. The number of benzene rings is 1. The number of amides is 1. The van der Waals surface area contributed by atoms with E-state index in [-0.39, 0.29) is 5.91 Å². The Morgan fingerprint density at radius 1 is 1.33 bits per heavy atom. The first-order valence-corrected chi connectivity index (χ1v) is 10.1. The second-order valence-electron chi connectivity index (χ2n) is 6.66. The van der Waals surface area contributed by atoms with E-state index in [1.165, 1.54) is 0 Å². The summed E-state index contributed by atoms with van der Waals surface area (Å²) in [6, 6.07) is 5.59. The molecule has 0 unspecified atom stereocenters. The van der Waals surface area contributed by atoms with Gasteiger partial charge in [-0.15, -0.1) is 0 Å². The normalized spacial score (nSPS) is 15.7. The number of aliphatic imine (C=N–C) groups is 1. The molecule has 1 aromatic carbocycles. The van der Waals surface area contributed by atoms with E-state index in [9.17, 15) is 4.79 Å². The Labute approximate surface area is 167 Å². The fraction of sp³-hybridized carbons (Fsp3) is 0.600. The number of aryl methyl sites for hydroxylation is 1. The van der Waals surface area contributed by atoms with Gasteiger partial charge >= 0.3 is 0 Å². The zero-order chi connectivity index (χ0) is 19.6. The molecule has 0 radical (unpaired) electrons. The summed E-state index contributed by atoms with van der Waals surface area (Å²) >= 11 is 6.17. The predicted octanol–water partition coefficient (Wildman–Crippen LogP) is 3.44. The van der Waals surface area contributed by atoms with Gasteiger partial charge in [-0.05, 0) is 51.3 Å². The summed E-state index contributed by atoms with van der Waals surface area (Å²) in [7, 11) is 0. The molecule has 1 amide bonds. The van der Waals surface area contributed by atoms with Crippen LogP contribution in [0, 0.1) is 6.92 Å². The Balaban J connectivity index is 1.84. The Hall–Kier alpha value is -1.79. The standard InChI is InChI=1S/C20H31ClN4O2/c1-4-22-20(25-12-9-16(10-13-25)27-5-2)23-11-8-19(26)24-18-7-6-15(3)14-17(18)21/h6-7,14,16H,4-5,8-13H2,1-3H3,(H,22,23)(H,24,26). The molecule has 1 aliphatic rings. The second-order valence-corrected chi connectivity index (χ2v) is 7.07. The number of anilines is 1. The SMILES string of the molecule is CCNC(=NCCC(=O)Nc1ccc(C)cc1Cl)N1CCC(OCC)CC1. The highest BCUT2D eigenvalue weighted by atomic mass is 35.5. The molecule has 1 saturated heterocycles. The topological polar surface area (TPSA) is 66.0 Å². The molecule has 0 spiro atoms. The quantitative estimate of drug-likeness (QED) is 0.549. The smallest absolute Gasteiger partial charge is 0.226 e. The van der Waals surface area contributed by atoms with Gasteiger partial charge < -0.3 is 20.3 Å². The van der Waals surface area contributed by atoms with E-state index in [0.29, 0.717) is 29.8 Å². The van der Waals surface area contributed by atoms with Gasteiger partial charge in [0.15, 0.2) is 5.96 Å². The number of likely N-dealkylation sites (tertiary alicyclic amines) is 1. The summed E-state index contributed by atoms with van der Waals surface area (Å²) in [5.74, 6) is 0.782. The monoisotopic (exact) mass is 394 g/mol. The summed E-state index contributed by atoms with van der Waals surface area (Å²) in [4.78, 5) is 19.1. The molecule has 150 valence electrons. The Kier molecular flexibility index (Phi) is 8.88. The van der Waals surface area contributed by atoms with Crippen molar-refractivity contribution in [3.05, 3.63) is 28.8 Å². The van der Waals surface area contributed by atoms with Crippen LogP contribution in [0.25, 0.3) is 0 Å². The van der Waals surface area contributed by atoms with E-state index in [2.05, 4.69) is 27.4 Å². The second kappa shape index (κ2) is 11.1. The lowest BCUT2D eigenvalue weighted by molar-refractivity contribution is -0.116. The van der Waals surface area contributed by atoms with E-state index >= 15 is 0 Å². The number of piperidine rings is 1. The molecule has 0 saturated carbocycles. The lowest BCUT2D eigenvalue weighted by Crippen LogP contribution is -2.47. The van der Waals surface area contributed by atoms with Crippen LogP contribution >= 0.6 is 11.6 Å². The van der Waals surface area contributed by atoms with Gasteiger partial charge in [-0.3, -0.25) is 9.79 Å². The Morgan fingerprint density at radius 2 is 2.07 bits per heavy atom. The zero-order valence-electron chi connectivity index (χ0n) is 16.6. The molecule has 1 heterocycles. The zero-order valence-corrected chi connectivity index (χ0v) is 17.3. The van der Waals surface area contributed by atoms with Crippen molar-refractivity contribution in [2.24, 2.45) is 4.99 Å². The fourth-order valence-corrected chi connectivity index (χ4v) is 3.38. The minimum atomic E-state index is -0.0876. The third kappa shape index (κ3) is 7.03. The van der Waals surface area contributed by atoms with Gasteiger partial charge in [0.1, 0.15) is 0 Å². The molecular weight excluding hydrogens is 364 g/mol. The molecule has 1 aromatic rings. The molecule has 27 heavy (non-hydrogen) atoms. The van der Waals surface area contributed by atoms with Crippen molar-refractivity contribution in [2.75, 3.05) is 38.1 Å². The summed E-state index contributed by atoms with van der Waals surface area (Å²) in [6.07, 6.45) is 2.67. The van der Waals surface area contributed by atoms with Crippen LogP contribution in [0.3, 0.4) is 0 Å². The van der Waals surface area contributed by atoms with Crippen molar-refractivity contribution >= 4 is 29.2 Å². The van der Waals surface area contributed by atoms with Crippen molar-refractivity contribution in [3.63, 3.8) is 0 Å². The fourth-order valence-electron chi connectivity index (χ4n) is 3.09. The van der Waals surface area contributed by atoms with Crippen molar-refractivity contribution in [1.82, 2.24) is 10.2 Å². The third-order valence-electron chi connectivity index (χ3n) is 4.48. The summed E-state index contributed by atoms with van der Waals surface area (Å²) in [5, 5.41) is 6.73. The van der Waals surface area contributed by atoms with Gasteiger partial charge in [-0.1, -0.05) is 17.7 Å². The molecule has 0 atom stereocenters. The maximum Gasteiger partial charge on any atom is 0.226 e. The van der Waals surface area contributed by atoms with Crippen molar-refractivity contribution in [3.8, 4) is 0 Å². The van der Waals surface area contributed by atoms with Crippen LogP contribution in [-0.2, 0) is 9.53 Å². The molecule has 7 heteroatoms. The van der Waals surface area contributed by atoms with E-state index in [1.807, 2.05) is 32.0 Å². The van der Waals surface area contributed by atoms with Crippen LogP contribution in [0.2, 0.25) is 5.02 Å². The number of guanidine groups is 1. The maximum absolute atomic E-state index is 12.2. The lowest BCUT2D eigenvalue weighted by Gasteiger charge is -2.34. The van der Waals surface area contributed by atoms with Gasteiger partial charge in [0, 0.05) is 32.7 Å². The molecule has 1 aliphatic heterocycles. The number of nitrogens with zero attached hydrogens (tertiary/aromatic N) is 2. The first kappa shape index (κ1) is 21.5. The maximum atomic E-state index is 12.2. The van der Waals surface area contributed by atoms with E-state index < -0.39 is 0 Å². The highest BCUT2D eigenvalue weighted by Gasteiger charge is 2.21. The van der Waals surface area contributed by atoms with E-state index in [1.54, 1.807) is 0 Å². The highest BCUT2D eigenvalue weighted by molar-refractivity contribution is 6.33. The molecule has 0 aromatic heterocycles. The minimum absolute atomic E-state index is 0.0876. The molecule has 6 nitrogen and oxygen atoms in total. The van der Waals surface area contributed by atoms with Gasteiger partial charge in [0.2, 0.25) is 5.91 Å². The Morgan fingerprint density at radius 3 is 2.70 bits per heavy atom. The van der Waals surface area contributed by atoms with Gasteiger partial charge in [0.05, 0.1) is 23.4 Å². The largest absolute Gasteiger partial charge is 0.378 e. The average Bonchev–Trinajstić information content (AvgIpc) is 2.64. The highest BCUT2D eigenvalue weighted by Crippen LogP contribution is 2.22. The molecular formula is C20H31ClN4O2. The number of halogens is 1. The first-order valence-electron chi connectivity index (χ1n) is 9.74. The molecule has 2 rings (SSSR count). The van der Waals surface area contributed by atoms with Crippen LogP contribution < -0.4 is 10.6 Å². The lowest BCUT2D eigenvalue weighted by atomic mass is 10.1. The first-order chi connectivity index (χ1) is 13.0. The van der Waals surface area contributed by atoms with Crippen LogP contribution in [-0.4, -0.2) is 55.7 Å². The average molecular weight is 395 g/mol. The third-order valence-corrected chi connectivity index (χ3v) is 4.79. The number of rotatable bonds is 7.